The molecule has 9 heteroatoms. The Morgan fingerprint density at radius 1 is 1.21 bits per heavy atom. The van der Waals surface area contributed by atoms with Crippen LogP contribution in [-0.4, -0.2) is 62.2 Å². The van der Waals surface area contributed by atoms with Gasteiger partial charge in [-0.25, -0.2) is 4.98 Å². The molecule has 0 saturated heterocycles. The van der Waals surface area contributed by atoms with Crippen molar-refractivity contribution >= 4 is 28.3 Å². The molecular weight excluding hydrogens is 382 g/mol. The average Bonchev–Trinajstić information content (AvgIpc) is 3.22. The van der Waals surface area contributed by atoms with Gasteiger partial charge in [0.1, 0.15) is 6.54 Å². The summed E-state index contributed by atoms with van der Waals surface area (Å²) in [6.45, 7) is 3.33. The summed E-state index contributed by atoms with van der Waals surface area (Å²) in [6, 6.07) is 4.92. The van der Waals surface area contributed by atoms with Crippen LogP contribution in [0.5, 0.6) is 11.5 Å². The van der Waals surface area contributed by atoms with Crippen LogP contribution in [0.15, 0.2) is 29.8 Å². The van der Waals surface area contributed by atoms with E-state index in [1.54, 1.807) is 29.8 Å². The quantitative estimate of drug-likeness (QED) is 0.576. The predicted octanol–water partition coefficient (Wildman–Crippen LogP) is 2.67. The average molecular weight is 407 g/mol. The van der Waals surface area contributed by atoms with Gasteiger partial charge in [0.2, 0.25) is 5.91 Å². The van der Waals surface area contributed by atoms with Gasteiger partial charge in [-0.15, -0.1) is 11.3 Å². The largest absolute Gasteiger partial charge is 0.493 e. The normalized spacial score (nSPS) is 10.4. The van der Waals surface area contributed by atoms with Crippen LogP contribution < -0.4 is 14.8 Å². The van der Waals surface area contributed by atoms with Crippen LogP contribution in [0.2, 0.25) is 0 Å². The molecule has 0 radical (unpaired) electrons. The lowest BCUT2D eigenvalue weighted by atomic mass is 10.1. The number of carbonyl (C=O) groups excluding carboxylic acids is 2. The van der Waals surface area contributed by atoms with Gasteiger partial charge < -0.3 is 24.4 Å². The fraction of sp³-hybridized carbons (Fsp3) is 0.421. The highest BCUT2D eigenvalue weighted by atomic mass is 32.1. The first-order chi connectivity index (χ1) is 13.6. The van der Waals surface area contributed by atoms with Gasteiger partial charge in [0.15, 0.2) is 16.6 Å². The monoisotopic (exact) mass is 407 g/mol. The van der Waals surface area contributed by atoms with Crippen molar-refractivity contribution in [3.63, 3.8) is 0 Å². The topological polar surface area (TPSA) is 90.0 Å². The molecule has 0 saturated carbocycles. The third kappa shape index (κ3) is 6.21. The van der Waals surface area contributed by atoms with E-state index in [0.29, 0.717) is 48.4 Å². The first-order valence-electron chi connectivity index (χ1n) is 8.87. The minimum atomic E-state index is -0.305. The van der Waals surface area contributed by atoms with Crippen LogP contribution >= 0.6 is 11.3 Å². The number of amides is 2. The molecule has 1 aromatic carbocycles. The van der Waals surface area contributed by atoms with Crippen molar-refractivity contribution in [2.45, 2.75) is 13.3 Å². The Morgan fingerprint density at radius 2 is 2.00 bits per heavy atom. The van der Waals surface area contributed by atoms with Gasteiger partial charge in [0.05, 0.1) is 14.2 Å². The minimum absolute atomic E-state index is 0.0844. The minimum Gasteiger partial charge on any atom is -0.493 e. The lowest BCUT2D eigenvalue weighted by Gasteiger charge is -2.22. The second-order valence-electron chi connectivity index (χ2n) is 5.73. The van der Waals surface area contributed by atoms with E-state index in [9.17, 15) is 9.59 Å². The molecule has 0 spiro atoms. The molecule has 0 unspecified atom stereocenters. The summed E-state index contributed by atoms with van der Waals surface area (Å²) in [6.07, 6.45) is 2.23. The zero-order valence-corrected chi connectivity index (χ0v) is 17.1. The van der Waals surface area contributed by atoms with E-state index in [1.165, 1.54) is 30.5 Å². The molecule has 0 aliphatic carbocycles. The van der Waals surface area contributed by atoms with Crippen molar-refractivity contribution in [2.24, 2.45) is 0 Å². The van der Waals surface area contributed by atoms with Crippen LogP contribution in [0.25, 0.3) is 0 Å². The van der Waals surface area contributed by atoms with E-state index < -0.39 is 0 Å². The summed E-state index contributed by atoms with van der Waals surface area (Å²) in [5.74, 6) is 0.408. The molecular formula is C19H25N3O5S. The number of hydrogen-bond donors (Lipinski definition) is 1. The van der Waals surface area contributed by atoms with E-state index in [4.69, 9.17) is 14.2 Å². The SMILES string of the molecule is CCOCCCN(CC(=O)Nc1nccs1)C(=O)c1ccc(OC)c(OC)c1. The third-order valence-corrected chi connectivity index (χ3v) is 4.54. The molecule has 0 aliphatic heterocycles. The van der Waals surface area contributed by atoms with Crippen LogP contribution in [0.4, 0.5) is 5.13 Å². The number of anilines is 1. The van der Waals surface area contributed by atoms with Crippen LogP contribution in [0.1, 0.15) is 23.7 Å². The number of nitrogens with one attached hydrogen (secondary N) is 1. The van der Waals surface area contributed by atoms with E-state index in [-0.39, 0.29) is 18.4 Å². The molecule has 0 bridgehead atoms. The maximum Gasteiger partial charge on any atom is 0.254 e. The summed E-state index contributed by atoms with van der Waals surface area (Å²) >= 11 is 1.32. The number of ether oxygens (including phenoxy) is 3. The number of nitrogens with zero attached hydrogens (tertiary/aromatic N) is 2. The Balaban J connectivity index is 2.12. The summed E-state index contributed by atoms with van der Waals surface area (Å²) in [5, 5.41) is 4.97. The Labute approximate surface area is 168 Å². The fourth-order valence-corrected chi connectivity index (χ4v) is 3.07. The van der Waals surface area contributed by atoms with Crippen molar-refractivity contribution in [3.8, 4) is 11.5 Å². The predicted molar refractivity (Wildman–Crippen MR) is 107 cm³/mol. The number of benzene rings is 1. The van der Waals surface area contributed by atoms with Crippen LogP contribution in [0, 0.1) is 0 Å². The highest BCUT2D eigenvalue weighted by Gasteiger charge is 2.20. The van der Waals surface area contributed by atoms with Gasteiger partial charge in [-0.2, -0.15) is 0 Å². The standard InChI is InChI=1S/C19H25N3O5S/c1-4-27-10-5-9-22(13-17(23)21-19-20-8-11-28-19)18(24)14-6-7-15(25-2)16(12-14)26-3/h6-8,11-12H,4-5,9-10,13H2,1-3H3,(H,20,21,23). The van der Waals surface area contributed by atoms with Gasteiger partial charge in [-0.1, -0.05) is 0 Å². The lowest BCUT2D eigenvalue weighted by molar-refractivity contribution is -0.116. The van der Waals surface area contributed by atoms with E-state index >= 15 is 0 Å². The summed E-state index contributed by atoms with van der Waals surface area (Å²) in [4.78, 5) is 30.9. The number of methoxy groups -OCH3 is 2. The molecule has 1 heterocycles. The maximum absolute atomic E-state index is 13.0. The molecule has 152 valence electrons. The summed E-state index contributed by atoms with van der Waals surface area (Å²) in [7, 11) is 3.04. The molecule has 1 N–H and O–H groups in total. The van der Waals surface area contributed by atoms with Crippen molar-refractivity contribution < 1.29 is 23.8 Å². The molecule has 8 nitrogen and oxygen atoms in total. The first kappa shape index (κ1) is 21.6. The fourth-order valence-electron chi connectivity index (χ4n) is 2.52. The number of rotatable bonds is 11. The van der Waals surface area contributed by atoms with Gasteiger partial charge in [-0.3, -0.25) is 9.59 Å². The third-order valence-electron chi connectivity index (χ3n) is 3.85. The molecule has 2 aromatic rings. The van der Waals surface area contributed by atoms with Crippen LogP contribution in [-0.2, 0) is 9.53 Å². The number of aromatic nitrogens is 1. The Hall–Kier alpha value is -2.65. The molecule has 2 amide bonds. The molecule has 0 fully saturated rings. The molecule has 1 aromatic heterocycles. The zero-order valence-electron chi connectivity index (χ0n) is 16.3. The summed E-state index contributed by atoms with van der Waals surface area (Å²) < 4.78 is 15.8. The Kier molecular flexibility index (Phi) is 8.70. The van der Waals surface area contributed by atoms with Gasteiger partial charge in [0.25, 0.3) is 5.91 Å². The second-order valence-corrected chi connectivity index (χ2v) is 6.63. The van der Waals surface area contributed by atoms with Gasteiger partial charge >= 0.3 is 0 Å². The first-order valence-corrected chi connectivity index (χ1v) is 9.75. The van der Waals surface area contributed by atoms with Crippen molar-refractivity contribution in [2.75, 3.05) is 45.8 Å². The van der Waals surface area contributed by atoms with E-state index in [2.05, 4.69) is 10.3 Å². The van der Waals surface area contributed by atoms with E-state index in [1.807, 2.05) is 6.92 Å². The van der Waals surface area contributed by atoms with Gasteiger partial charge in [0, 0.05) is 36.9 Å². The Morgan fingerprint density at radius 3 is 2.64 bits per heavy atom. The van der Waals surface area contributed by atoms with Crippen LogP contribution in [0.3, 0.4) is 0 Å². The number of thiazole rings is 1. The van der Waals surface area contributed by atoms with Gasteiger partial charge in [-0.05, 0) is 31.5 Å². The highest BCUT2D eigenvalue weighted by molar-refractivity contribution is 7.13. The molecule has 0 aliphatic rings. The zero-order chi connectivity index (χ0) is 20.4. The number of carbonyl (C=O) groups is 2. The maximum atomic E-state index is 13.0. The molecule has 28 heavy (non-hydrogen) atoms. The van der Waals surface area contributed by atoms with Crippen molar-refractivity contribution in [1.29, 1.82) is 0 Å². The Bertz CT molecular complexity index is 767. The van der Waals surface area contributed by atoms with E-state index in [0.717, 1.165) is 0 Å². The smallest absolute Gasteiger partial charge is 0.254 e. The second kappa shape index (κ2) is 11.3. The number of hydrogen-bond acceptors (Lipinski definition) is 7. The van der Waals surface area contributed by atoms with Crippen molar-refractivity contribution in [1.82, 2.24) is 9.88 Å². The lowest BCUT2D eigenvalue weighted by Crippen LogP contribution is -2.39. The van der Waals surface area contributed by atoms with Crippen molar-refractivity contribution in [3.05, 3.63) is 35.3 Å². The highest BCUT2D eigenvalue weighted by Crippen LogP contribution is 2.28. The molecule has 0 atom stereocenters. The molecule has 2 rings (SSSR count). The summed E-state index contributed by atoms with van der Waals surface area (Å²) in [5.41, 5.74) is 0.413.